The third kappa shape index (κ3) is 5.03. The van der Waals surface area contributed by atoms with Gasteiger partial charge in [-0.15, -0.1) is 0 Å². The lowest BCUT2D eigenvalue weighted by Crippen LogP contribution is -2.44. The van der Waals surface area contributed by atoms with Crippen molar-refractivity contribution in [2.45, 2.75) is 31.8 Å². The number of nitrogens with zero attached hydrogens (tertiary/aromatic N) is 1. The molecule has 1 aliphatic heterocycles. The first-order chi connectivity index (χ1) is 13.6. The van der Waals surface area contributed by atoms with Gasteiger partial charge < -0.3 is 20.3 Å². The highest BCUT2D eigenvalue weighted by molar-refractivity contribution is 5.82. The number of methoxy groups -OCH3 is 1. The Kier molecular flexibility index (Phi) is 6.53. The molecule has 2 aromatic rings. The van der Waals surface area contributed by atoms with E-state index in [4.69, 9.17) is 4.74 Å². The minimum Gasteiger partial charge on any atom is -0.497 e. The fourth-order valence-electron chi connectivity index (χ4n) is 3.50. The Labute approximate surface area is 165 Å². The minimum absolute atomic E-state index is 0.00313. The minimum atomic E-state index is -0.241. The molecule has 3 rings (SSSR count). The number of carbonyl (C=O) groups is 2. The summed E-state index contributed by atoms with van der Waals surface area (Å²) in [6.07, 6.45) is 1.05. The maximum absolute atomic E-state index is 12.4. The Balaban J connectivity index is 1.45. The zero-order chi connectivity index (χ0) is 19.9. The third-order valence-electron chi connectivity index (χ3n) is 5.08. The van der Waals surface area contributed by atoms with E-state index in [0.29, 0.717) is 25.9 Å². The molecule has 6 nitrogen and oxygen atoms in total. The number of urea groups is 1. The normalized spacial score (nSPS) is 17.3. The number of hydrogen-bond donors (Lipinski definition) is 2. The molecular weight excluding hydrogens is 354 g/mol. The van der Waals surface area contributed by atoms with Gasteiger partial charge in [0.1, 0.15) is 5.75 Å². The first-order valence-electron chi connectivity index (χ1n) is 9.58. The van der Waals surface area contributed by atoms with Crippen LogP contribution in [0.3, 0.4) is 0 Å². The van der Waals surface area contributed by atoms with Crippen LogP contribution in [0.5, 0.6) is 5.75 Å². The zero-order valence-corrected chi connectivity index (χ0v) is 16.4. The second-order valence-electron chi connectivity index (χ2n) is 7.04. The summed E-state index contributed by atoms with van der Waals surface area (Å²) in [6, 6.07) is 17.3. The number of rotatable bonds is 7. The first kappa shape index (κ1) is 19.7. The average molecular weight is 381 g/mol. The molecule has 6 heteroatoms. The van der Waals surface area contributed by atoms with E-state index in [9.17, 15) is 9.59 Å². The van der Waals surface area contributed by atoms with Gasteiger partial charge in [-0.2, -0.15) is 0 Å². The standard InChI is InChI=1S/C22H27N3O3/c1-16(18-8-4-3-5-9-18)25-15-19(14-21(25)26)24-22(27)23-12-11-17-7-6-10-20(13-17)28-2/h3-10,13,16,19H,11-12,14-15H2,1-2H3,(H2,23,24,27). The van der Waals surface area contributed by atoms with Crippen LogP contribution >= 0.6 is 0 Å². The van der Waals surface area contributed by atoms with E-state index in [1.165, 1.54) is 0 Å². The van der Waals surface area contributed by atoms with Crippen LogP contribution in [0, 0.1) is 0 Å². The number of hydrogen-bond acceptors (Lipinski definition) is 3. The molecule has 0 bridgehead atoms. The molecule has 1 aliphatic rings. The summed E-state index contributed by atoms with van der Waals surface area (Å²) < 4.78 is 5.21. The summed E-state index contributed by atoms with van der Waals surface area (Å²) in [5.41, 5.74) is 2.19. The lowest BCUT2D eigenvalue weighted by molar-refractivity contribution is -0.129. The van der Waals surface area contributed by atoms with Crippen molar-refractivity contribution in [2.24, 2.45) is 0 Å². The van der Waals surface area contributed by atoms with Crippen LogP contribution in [0.4, 0.5) is 4.79 Å². The number of likely N-dealkylation sites (tertiary alicyclic amines) is 1. The van der Waals surface area contributed by atoms with Gasteiger partial charge >= 0.3 is 6.03 Å². The fourth-order valence-corrected chi connectivity index (χ4v) is 3.50. The van der Waals surface area contributed by atoms with E-state index >= 15 is 0 Å². The van der Waals surface area contributed by atoms with Gasteiger partial charge in [0.2, 0.25) is 5.91 Å². The zero-order valence-electron chi connectivity index (χ0n) is 16.4. The van der Waals surface area contributed by atoms with E-state index in [-0.39, 0.29) is 24.0 Å². The highest BCUT2D eigenvalue weighted by Crippen LogP contribution is 2.25. The number of amides is 3. The summed E-state index contributed by atoms with van der Waals surface area (Å²) in [5.74, 6) is 0.872. The van der Waals surface area contributed by atoms with E-state index < -0.39 is 0 Å². The van der Waals surface area contributed by atoms with Gasteiger partial charge in [-0.3, -0.25) is 4.79 Å². The van der Waals surface area contributed by atoms with Crippen molar-refractivity contribution in [3.05, 3.63) is 65.7 Å². The Hall–Kier alpha value is -3.02. The van der Waals surface area contributed by atoms with Crippen molar-refractivity contribution >= 4 is 11.9 Å². The summed E-state index contributed by atoms with van der Waals surface area (Å²) in [5, 5.41) is 5.78. The second-order valence-corrected chi connectivity index (χ2v) is 7.04. The number of carbonyl (C=O) groups excluding carboxylic acids is 2. The monoisotopic (exact) mass is 381 g/mol. The van der Waals surface area contributed by atoms with E-state index in [0.717, 1.165) is 16.9 Å². The van der Waals surface area contributed by atoms with Crippen LogP contribution in [0.2, 0.25) is 0 Å². The molecule has 2 aromatic carbocycles. The Morgan fingerprint density at radius 3 is 2.75 bits per heavy atom. The van der Waals surface area contributed by atoms with Crippen LogP contribution in [0.15, 0.2) is 54.6 Å². The van der Waals surface area contributed by atoms with Crippen LogP contribution in [0.25, 0.3) is 0 Å². The lowest BCUT2D eigenvalue weighted by Gasteiger charge is -2.25. The molecule has 2 unspecified atom stereocenters. The molecule has 0 radical (unpaired) electrons. The molecule has 1 fully saturated rings. The highest BCUT2D eigenvalue weighted by Gasteiger charge is 2.33. The van der Waals surface area contributed by atoms with E-state index in [1.807, 2.05) is 66.4 Å². The van der Waals surface area contributed by atoms with Crippen molar-refractivity contribution in [1.82, 2.24) is 15.5 Å². The SMILES string of the molecule is COc1cccc(CCNC(=O)NC2CC(=O)N(C(C)c3ccccc3)C2)c1. The van der Waals surface area contributed by atoms with Gasteiger partial charge in [-0.05, 0) is 36.6 Å². The Morgan fingerprint density at radius 2 is 2.00 bits per heavy atom. The fraction of sp³-hybridized carbons (Fsp3) is 0.364. The Bertz CT molecular complexity index is 810. The van der Waals surface area contributed by atoms with Crippen LogP contribution in [0.1, 0.15) is 30.5 Å². The van der Waals surface area contributed by atoms with Gasteiger partial charge in [0, 0.05) is 19.5 Å². The van der Waals surface area contributed by atoms with E-state index in [2.05, 4.69) is 10.6 Å². The summed E-state index contributed by atoms with van der Waals surface area (Å²) >= 11 is 0. The van der Waals surface area contributed by atoms with Gasteiger partial charge in [-0.25, -0.2) is 4.79 Å². The maximum Gasteiger partial charge on any atom is 0.315 e. The van der Waals surface area contributed by atoms with Crippen molar-refractivity contribution < 1.29 is 14.3 Å². The van der Waals surface area contributed by atoms with Crippen LogP contribution < -0.4 is 15.4 Å². The number of benzene rings is 2. The number of nitrogens with one attached hydrogen (secondary N) is 2. The molecule has 1 heterocycles. The van der Waals surface area contributed by atoms with Crippen molar-refractivity contribution in [3.8, 4) is 5.75 Å². The molecule has 148 valence electrons. The van der Waals surface area contributed by atoms with Gasteiger partial charge in [0.25, 0.3) is 0 Å². The predicted molar refractivity (Wildman–Crippen MR) is 108 cm³/mol. The van der Waals surface area contributed by atoms with Gasteiger partial charge in [-0.1, -0.05) is 42.5 Å². The van der Waals surface area contributed by atoms with Crippen LogP contribution in [-0.4, -0.2) is 43.1 Å². The van der Waals surface area contributed by atoms with E-state index in [1.54, 1.807) is 7.11 Å². The molecule has 0 aliphatic carbocycles. The van der Waals surface area contributed by atoms with Crippen molar-refractivity contribution in [2.75, 3.05) is 20.2 Å². The van der Waals surface area contributed by atoms with Crippen LogP contribution in [-0.2, 0) is 11.2 Å². The van der Waals surface area contributed by atoms with Crippen molar-refractivity contribution in [1.29, 1.82) is 0 Å². The summed E-state index contributed by atoms with van der Waals surface area (Å²) in [6.45, 7) is 3.06. The predicted octanol–water partition coefficient (Wildman–Crippen LogP) is 2.90. The quantitative estimate of drug-likeness (QED) is 0.775. The number of ether oxygens (including phenoxy) is 1. The highest BCUT2D eigenvalue weighted by atomic mass is 16.5. The van der Waals surface area contributed by atoms with Crippen molar-refractivity contribution in [3.63, 3.8) is 0 Å². The topological polar surface area (TPSA) is 70.7 Å². The summed E-state index contributed by atoms with van der Waals surface area (Å²) in [7, 11) is 1.63. The molecule has 2 N–H and O–H groups in total. The molecule has 2 atom stereocenters. The molecular formula is C22H27N3O3. The largest absolute Gasteiger partial charge is 0.497 e. The Morgan fingerprint density at radius 1 is 1.21 bits per heavy atom. The molecule has 28 heavy (non-hydrogen) atoms. The molecule has 0 aromatic heterocycles. The first-order valence-corrected chi connectivity index (χ1v) is 9.58. The maximum atomic E-state index is 12.4. The average Bonchev–Trinajstić information content (AvgIpc) is 3.08. The van der Waals surface area contributed by atoms with Gasteiger partial charge in [0.05, 0.1) is 19.2 Å². The third-order valence-corrected chi connectivity index (χ3v) is 5.08. The molecule has 3 amide bonds. The molecule has 0 spiro atoms. The van der Waals surface area contributed by atoms with Gasteiger partial charge in [0.15, 0.2) is 0 Å². The molecule has 0 saturated carbocycles. The molecule has 1 saturated heterocycles. The lowest BCUT2D eigenvalue weighted by atomic mass is 10.1. The smallest absolute Gasteiger partial charge is 0.315 e. The second kappa shape index (κ2) is 9.26. The summed E-state index contributed by atoms with van der Waals surface area (Å²) in [4.78, 5) is 26.4.